The summed E-state index contributed by atoms with van der Waals surface area (Å²) in [6.45, 7) is 1.98. The van der Waals surface area contributed by atoms with Crippen LogP contribution in [0, 0.1) is 11.6 Å². The van der Waals surface area contributed by atoms with Gasteiger partial charge in [-0.3, -0.25) is 9.69 Å². The van der Waals surface area contributed by atoms with Crippen LogP contribution in [0.1, 0.15) is 28.0 Å². The molecule has 31 heavy (non-hydrogen) atoms. The predicted octanol–water partition coefficient (Wildman–Crippen LogP) is 4.61. The minimum atomic E-state index is -0.700. The molecule has 1 aliphatic heterocycles. The van der Waals surface area contributed by atoms with Gasteiger partial charge in [0.15, 0.2) is 0 Å². The largest absolute Gasteiger partial charge is 0.345 e. The Morgan fingerprint density at radius 1 is 1.23 bits per heavy atom. The molecule has 0 bridgehead atoms. The summed E-state index contributed by atoms with van der Waals surface area (Å²) in [4.78, 5) is 20.0. The molecule has 0 fully saturated rings. The molecule has 0 unspecified atom stereocenters. The standard InChI is InChI=1S/C23H23BrF2N4O/c1-28(2)23(31)15-10-19(25)21(20(26)11-15)14-5-8-30(9-6-14)13-16-12-17-18(24)4-7-27-22(17)29(16)3/h4-5,7,10-12H,6,8-9,13H2,1-3H3. The molecule has 162 valence electrons. The fourth-order valence-corrected chi connectivity index (χ4v) is 4.37. The van der Waals surface area contributed by atoms with Gasteiger partial charge in [-0.15, -0.1) is 0 Å². The highest BCUT2D eigenvalue weighted by molar-refractivity contribution is 9.10. The molecule has 2 aromatic heterocycles. The van der Waals surface area contributed by atoms with Gasteiger partial charge in [-0.1, -0.05) is 6.08 Å². The number of amides is 1. The van der Waals surface area contributed by atoms with Crippen LogP contribution in [0.4, 0.5) is 8.78 Å². The van der Waals surface area contributed by atoms with Crippen LogP contribution >= 0.6 is 15.9 Å². The minimum Gasteiger partial charge on any atom is -0.345 e. The van der Waals surface area contributed by atoms with Gasteiger partial charge in [0.25, 0.3) is 5.91 Å². The van der Waals surface area contributed by atoms with Crippen molar-refractivity contribution < 1.29 is 13.6 Å². The number of aromatic nitrogens is 2. The van der Waals surface area contributed by atoms with Crippen LogP contribution in [-0.2, 0) is 13.6 Å². The third-order valence-corrected chi connectivity index (χ3v) is 6.36. The number of carbonyl (C=O) groups is 1. The van der Waals surface area contributed by atoms with Crippen molar-refractivity contribution in [1.29, 1.82) is 0 Å². The first-order valence-corrected chi connectivity index (χ1v) is 10.8. The molecule has 8 heteroatoms. The number of rotatable bonds is 4. The van der Waals surface area contributed by atoms with Crippen LogP contribution in [0.2, 0.25) is 0 Å². The number of fused-ring (bicyclic) bond motifs is 1. The van der Waals surface area contributed by atoms with E-state index in [9.17, 15) is 13.6 Å². The molecular formula is C23H23BrF2N4O. The maximum absolute atomic E-state index is 14.7. The molecule has 1 aliphatic rings. The van der Waals surface area contributed by atoms with E-state index in [-0.39, 0.29) is 11.1 Å². The maximum atomic E-state index is 14.7. The second-order valence-electron chi connectivity index (χ2n) is 7.95. The lowest BCUT2D eigenvalue weighted by atomic mass is 9.96. The fraction of sp³-hybridized carbons (Fsp3) is 0.304. The SMILES string of the molecule is CN(C)C(=O)c1cc(F)c(C2=CCN(Cc3cc4c(Br)ccnc4n3C)CC2)c(F)c1. The van der Waals surface area contributed by atoms with Crippen LogP contribution in [0.5, 0.6) is 0 Å². The van der Waals surface area contributed by atoms with Crippen molar-refractivity contribution >= 4 is 38.4 Å². The van der Waals surface area contributed by atoms with E-state index in [4.69, 9.17) is 0 Å². The van der Waals surface area contributed by atoms with Gasteiger partial charge in [-0.05, 0) is 52.2 Å². The first-order valence-electron chi connectivity index (χ1n) is 9.97. The topological polar surface area (TPSA) is 41.4 Å². The zero-order valence-corrected chi connectivity index (χ0v) is 19.2. The molecule has 0 atom stereocenters. The summed E-state index contributed by atoms with van der Waals surface area (Å²) in [5.74, 6) is -1.83. The highest BCUT2D eigenvalue weighted by Gasteiger charge is 2.22. The highest BCUT2D eigenvalue weighted by atomic mass is 79.9. The molecular weight excluding hydrogens is 466 g/mol. The molecule has 4 rings (SSSR count). The first-order chi connectivity index (χ1) is 14.8. The van der Waals surface area contributed by atoms with Crippen LogP contribution in [0.3, 0.4) is 0 Å². The van der Waals surface area contributed by atoms with E-state index in [1.165, 1.54) is 4.90 Å². The third kappa shape index (κ3) is 4.14. The molecule has 0 saturated heterocycles. The van der Waals surface area contributed by atoms with Crippen molar-refractivity contribution in [3.05, 3.63) is 69.5 Å². The molecule has 1 amide bonds. The van der Waals surface area contributed by atoms with Gasteiger partial charge in [0.1, 0.15) is 17.3 Å². The molecule has 0 radical (unpaired) electrons. The molecule has 0 N–H and O–H groups in total. The van der Waals surface area contributed by atoms with Gasteiger partial charge in [-0.25, -0.2) is 13.8 Å². The molecule has 3 heterocycles. The quantitative estimate of drug-likeness (QED) is 0.538. The summed E-state index contributed by atoms with van der Waals surface area (Å²) >= 11 is 3.57. The van der Waals surface area contributed by atoms with Crippen molar-refractivity contribution in [1.82, 2.24) is 19.4 Å². The Balaban J connectivity index is 1.53. The van der Waals surface area contributed by atoms with Gasteiger partial charge < -0.3 is 9.47 Å². The summed E-state index contributed by atoms with van der Waals surface area (Å²) in [5.41, 5.74) is 2.64. The maximum Gasteiger partial charge on any atom is 0.253 e. The summed E-state index contributed by atoms with van der Waals surface area (Å²) in [5, 5.41) is 1.06. The molecule has 5 nitrogen and oxygen atoms in total. The number of pyridine rings is 1. The summed E-state index contributed by atoms with van der Waals surface area (Å²) in [6.07, 6.45) is 4.17. The normalized spacial score (nSPS) is 14.7. The van der Waals surface area contributed by atoms with Crippen molar-refractivity contribution in [3.63, 3.8) is 0 Å². The van der Waals surface area contributed by atoms with E-state index in [1.54, 1.807) is 20.3 Å². The summed E-state index contributed by atoms with van der Waals surface area (Å²) < 4.78 is 32.5. The van der Waals surface area contributed by atoms with E-state index in [2.05, 4.69) is 36.4 Å². The summed E-state index contributed by atoms with van der Waals surface area (Å²) in [7, 11) is 5.09. The van der Waals surface area contributed by atoms with E-state index < -0.39 is 17.5 Å². The van der Waals surface area contributed by atoms with Gasteiger partial charge in [0.05, 0.1) is 0 Å². The van der Waals surface area contributed by atoms with E-state index in [1.807, 2.05) is 19.2 Å². The van der Waals surface area contributed by atoms with Gasteiger partial charge in [0.2, 0.25) is 0 Å². The number of hydrogen-bond donors (Lipinski definition) is 0. The van der Waals surface area contributed by atoms with Gasteiger partial charge in [0, 0.05) is 73.7 Å². The van der Waals surface area contributed by atoms with Crippen molar-refractivity contribution in [2.45, 2.75) is 13.0 Å². The van der Waals surface area contributed by atoms with Crippen molar-refractivity contribution in [2.75, 3.05) is 27.2 Å². The van der Waals surface area contributed by atoms with Crippen LogP contribution < -0.4 is 0 Å². The van der Waals surface area contributed by atoms with Crippen LogP contribution in [0.25, 0.3) is 16.6 Å². The number of aryl methyl sites for hydroxylation is 1. The Bertz CT molecular complexity index is 1180. The Morgan fingerprint density at radius 2 is 1.94 bits per heavy atom. The average molecular weight is 489 g/mol. The zero-order chi connectivity index (χ0) is 22.3. The lowest BCUT2D eigenvalue weighted by Crippen LogP contribution is -2.29. The minimum absolute atomic E-state index is 0.0114. The van der Waals surface area contributed by atoms with E-state index in [0.717, 1.165) is 33.3 Å². The zero-order valence-electron chi connectivity index (χ0n) is 17.6. The number of halogens is 3. The third-order valence-electron chi connectivity index (χ3n) is 5.67. The summed E-state index contributed by atoms with van der Waals surface area (Å²) in [6, 6.07) is 6.27. The number of benzene rings is 1. The predicted molar refractivity (Wildman–Crippen MR) is 121 cm³/mol. The first kappa shape index (κ1) is 21.6. The van der Waals surface area contributed by atoms with E-state index >= 15 is 0 Å². The Labute approximate surface area is 188 Å². The lowest BCUT2D eigenvalue weighted by molar-refractivity contribution is 0.0826. The van der Waals surface area contributed by atoms with Crippen LogP contribution in [0.15, 0.2) is 41.0 Å². The second kappa shape index (κ2) is 8.51. The second-order valence-corrected chi connectivity index (χ2v) is 8.81. The van der Waals surface area contributed by atoms with Crippen LogP contribution in [-0.4, -0.2) is 52.4 Å². The number of carbonyl (C=O) groups excluding carboxylic acids is 1. The van der Waals surface area contributed by atoms with Gasteiger partial charge in [-0.2, -0.15) is 0 Å². The number of hydrogen-bond acceptors (Lipinski definition) is 3. The Morgan fingerprint density at radius 3 is 2.52 bits per heavy atom. The monoisotopic (exact) mass is 488 g/mol. The highest BCUT2D eigenvalue weighted by Crippen LogP contribution is 2.30. The molecule has 3 aromatic rings. The fourth-order valence-electron chi connectivity index (χ4n) is 3.96. The molecule has 0 spiro atoms. The average Bonchev–Trinajstić information content (AvgIpc) is 3.05. The van der Waals surface area contributed by atoms with E-state index in [0.29, 0.717) is 31.6 Å². The molecule has 0 saturated carbocycles. The molecule has 1 aromatic carbocycles. The Kier molecular flexibility index (Phi) is 5.94. The van der Waals surface area contributed by atoms with Crippen molar-refractivity contribution in [2.24, 2.45) is 7.05 Å². The molecule has 0 aliphatic carbocycles. The smallest absolute Gasteiger partial charge is 0.253 e. The number of nitrogens with zero attached hydrogens (tertiary/aromatic N) is 4. The Hall–Kier alpha value is -2.58. The van der Waals surface area contributed by atoms with Gasteiger partial charge >= 0.3 is 0 Å². The lowest BCUT2D eigenvalue weighted by Gasteiger charge is -2.27. The van der Waals surface area contributed by atoms with Crippen molar-refractivity contribution in [3.8, 4) is 0 Å².